The summed E-state index contributed by atoms with van der Waals surface area (Å²) in [4.78, 5) is 14.8. The first kappa shape index (κ1) is 16.7. The topological polar surface area (TPSA) is 86.1 Å². The van der Waals surface area contributed by atoms with Gasteiger partial charge in [-0.3, -0.25) is 4.79 Å². The van der Waals surface area contributed by atoms with Gasteiger partial charge in [0.1, 0.15) is 17.6 Å². The number of hydrogen-bond donors (Lipinski definition) is 2. The molecule has 0 atom stereocenters. The number of aromatic nitrogens is 1. The average Bonchev–Trinajstić information content (AvgIpc) is 2.62. The third-order valence-corrected chi connectivity index (χ3v) is 3.95. The first-order valence-corrected chi connectivity index (χ1v) is 7.69. The van der Waals surface area contributed by atoms with Gasteiger partial charge in [0.2, 0.25) is 0 Å². The first-order chi connectivity index (χ1) is 12.2. The Bertz CT molecular complexity index is 1020. The van der Waals surface area contributed by atoms with Gasteiger partial charge in [0.05, 0.1) is 5.39 Å². The Labute approximate surface area is 142 Å². The van der Waals surface area contributed by atoms with Gasteiger partial charge in [0.25, 0.3) is 5.56 Å². The summed E-state index contributed by atoms with van der Waals surface area (Å²) in [6.45, 7) is -0.297. The van der Waals surface area contributed by atoms with Crippen LogP contribution in [0.25, 0.3) is 21.9 Å². The number of benzene rings is 2. The monoisotopic (exact) mass is 338 g/mol. The fraction of sp³-hybridized carbons (Fsp3) is 0.158. The summed E-state index contributed by atoms with van der Waals surface area (Å²) < 4.78 is 19.4. The van der Waals surface area contributed by atoms with Crippen LogP contribution >= 0.6 is 0 Å². The van der Waals surface area contributed by atoms with Crippen LogP contribution in [0.4, 0.5) is 4.39 Å². The lowest BCUT2D eigenvalue weighted by Gasteiger charge is -2.13. The average molecular weight is 338 g/mol. The molecule has 0 unspecified atom stereocenters. The zero-order valence-electron chi connectivity index (χ0n) is 13.3. The fourth-order valence-corrected chi connectivity index (χ4v) is 2.84. The van der Waals surface area contributed by atoms with Gasteiger partial charge in [-0.1, -0.05) is 12.1 Å². The number of aliphatic hydroxyl groups excluding tert-OH is 1. The van der Waals surface area contributed by atoms with Crippen molar-refractivity contribution in [2.75, 3.05) is 13.2 Å². The summed E-state index contributed by atoms with van der Waals surface area (Å²) in [5.74, 6) is 0.00592. The molecule has 3 aromatic rings. The number of ether oxygens (including phenoxy) is 1. The maximum Gasteiger partial charge on any atom is 0.255 e. The zero-order valence-corrected chi connectivity index (χ0v) is 13.3. The van der Waals surface area contributed by atoms with E-state index < -0.39 is 5.82 Å². The molecule has 126 valence electrons. The molecule has 2 N–H and O–H groups in total. The van der Waals surface area contributed by atoms with Crippen molar-refractivity contribution in [1.29, 1.82) is 5.26 Å². The molecule has 3 rings (SSSR count). The zero-order chi connectivity index (χ0) is 17.8. The van der Waals surface area contributed by atoms with E-state index in [0.29, 0.717) is 33.2 Å². The fourth-order valence-electron chi connectivity index (χ4n) is 2.84. The number of pyridine rings is 1. The van der Waals surface area contributed by atoms with E-state index in [0.717, 1.165) is 0 Å². The SMILES string of the molecule is N#CCOc1ccc2c(-c3cccc(F)c3CCO)c[nH]c(=O)c2c1. The second-order valence-corrected chi connectivity index (χ2v) is 5.43. The lowest BCUT2D eigenvalue weighted by Crippen LogP contribution is -2.07. The van der Waals surface area contributed by atoms with Gasteiger partial charge < -0.3 is 14.8 Å². The predicted molar refractivity (Wildman–Crippen MR) is 91.9 cm³/mol. The highest BCUT2D eigenvalue weighted by atomic mass is 19.1. The normalized spacial score (nSPS) is 10.6. The molecule has 0 radical (unpaired) electrons. The Morgan fingerprint density at radius 2 is 2.04 bits per heavy atom. The molecule has 1 aromatic heterocycles. The number of aromatic amines is 1. The summed E-state index contributed by atoms with van der Waals surface area (Å²) in [5, 5.41) is 18.8. The molecule has 0 saturated heterocycles. The minimum Gasteiger partial charge on any atom is -0.479 e. The van der Waals surface area contributed by atoms with E-state index in [2.05, 4.69) is 4.98 Å². The number of H-pyrrole nitrogens is 1. The Hall–Kier alpha value is -3.17. The Balaban J connectivity index is 2.22. The number of rotatable bonds is 5. The predicted octanol–water partition coefficient (Wildman–Crippen LogP) is 2.77. The first-order valence-electron chi connectivity index (χ1n) is 7.69. The van der Waals surface area contributed by atoms with Gasteiger partial charge in [0.15, 0.2) is 6.61 Å². The van der Waals surface area contributed by atoms with Crippen molar-refractivity contribution >= 4 is 10.8 Å². The number of nitrogens with one attached hydrogen (secondary N) is 1. The van der Waals surface area contributed by atoms with E-state index >= 15 is 0 Å². The summed E-state index contributed by atoms with van der Waals surface area (Å²) in [6.07, 6.45) is 1.71. The van der Waals surface area contributed by atoms with Crippen LogP contribution in [0.3, 0.4) is 0 Å². The number of nitriles is 1. The highest BCUT2D eigenvalue weighted by Gasteiger charge is 2.14. The molecular weight excluding hydrogens is 323 g/mol. The van der Waals surface area contributed by atoms with Gasteiger partial charge in [-0.05, 0) is 47.2 Å². The summed E-state index contributed by atoms with van der Waals surface area (Å²) in [7, 11) is 0. The number of fused-ring (bicyclic) bond motifs is 1. The molecule has 5 nitrogen and oxygen atoms in total. The summed E-state index contributed by atoms with van der Waals surface area (Å²) >= 11 is 0. The molecule has 0 amide bonds. The summed E-state index contributed by atoms with van der Waals surface area (Å²) in [6, 6.07) is 11.5. The Morgan fingerprint density at radius 1 is 1.20 bits per heavy atom. The van der Waals surface area contributed by atoms with Crippen LogP contribution in [0.2, 0.25) is 0 Å². The van der Waals surface area contributed by atoms with Crippen LogP contribution in [0.5, 0.6) is 5.75 Å². The van der Waals surface area contributed by atoms with Gasteiger partial charge in [0, 0.05) is 18.4 Å². The van der Waals surface area contributed by atoms with Gasteiger partial charge >= 0.3 is 0 Å². The van der Waals surface area contributed by atoms with Crippen molar-refractivity contribution in [1.82, 2.24) is 4.98 Å². The number of halogens is 1. The van der Waals surface area contributed by atoms with E-state index in [1.165, 1.54) is 12.3 Å². The molecule has 25 heavy (non-hydrogen) atoms. The Morgan fingerprint density at radius 3 is 2.80 bits per heavy atom. The molecule has 2 aromatic carbocycles. The van der Waals surface area contributed by atoms with E-state index in [1.807, 2.05) is 6.07 Å². The molecule has 0 aliphatic rings. The standard InChI is InChI=1S/C19H15FN2O3/c20-18-3-1-2-13(15(18)6-8-23)17-11-22-19(24)16-10-12(25-9-7-21)4-5-14(16)17/h1-5,10-11,23H,6,8-9H2,(H,22,24). The Kier molecular flexibility index (Phi) is 4.78. The molecule has 0 aliphatic carbocycles. The third kappa shape index (κ3) is 3.23. The van der Waals surface area contributed by atoms with Crippen LogP contribution < -0.4 is 10.3 Å². The van der Waals surface area contributed by atoms with Crippen LogP contribution in [-0.2, 0) is 6.42 Å². The molecule has 0 spiro atoms. The second-order valence-electron chi connectivity index (χ2n) is 5.43. The molecule has 0 fully saturated rings. The van der Waals surface area contributed by atoms with Crippen LogP contribution in [0, 0.1) is 17.1 Å². The van der Waals surface area contributed by atoms with Crippen molar-refractivity contribution in [3.63, 3.8) is 0 Å². The smallest absolute Gasteiger partial charge is 0.255 e. The highest BCUT2D eigenvalue weighted by molar-refractivity contribution is 5.97. The number of nitrogens with zero attached hydrogens (tertiary/aromatic N) is 1. The van der Waals surface area contributed by atoms with Gasteiger partial charge in [-0.2, -0.15) is 5.26 Å². The highest BCUT2D eigenvalue weighted by Crippen LogP contribution is 2.32. The van der Waals surface area contributed by atoms with Crippen LogP contribution in [-0.4, -0.2) is 23.3 Å². The van der Waals surface area contributed by atoms with E-state index in [-0.39, 0.29) is 25.2 Å². The molecule has 1 heterocycles. The molecule has 6 heteroatoms. The van der Waals surface area contributed by atoms with Gasteiger partial charge in [-0.25, -0.2) is 4.39 Å². The maximum atomic E-state index is 14.2. The van der Waals surface area contributed by atoms with E-state index in [9.17, 15) is 14.3 Å². The van der Waals surface area contributed by atoms with Gasteiger partial charge in [-0.15, -0.1) is 0 Å². The lowest BCUT2D eigenvalue weighted by molar-refractivity contribution is 0.298. The largest absolute Gasteiger partial charge is 0.479 e. The van der Waals surface area contributed by atoms with Crippen molar-refractivity contribution < 1.29 is 14.2 Å². The van der Waals surface area contributed by atoms with Crippen LogP contribution in [0.1, 0.15) is 5.56 Å². The number of aliphatic hydroxyl groups is 1. The van der Waals surface area contributed by atoms with Crippen LogP contribution in [0.15, 0.2) is 47.4 Å². The maximum absolute atomic E-state index is 14.2. The van der Waals surface area contributed by atoms with Crippen molar-refractivity contribution in [3.8, 4) is 22.9 Å². The molecule has 0 aliphatic heterocycles. The molecular formula is C19H15FN2O3. The number of hydrogen-bond acceptors (Lipinski definition) is 4. The van der Waals surface area contributed by atoms with E-state index in [1.54, 1.807) is 30.3 Å². The minimum atomic E-state index is -0.403. The summed E-state index contributed by atoms with van der Waals surface area (Å²) in [5.41, 5.74) is 1.36. The molecule has 0 saturated carbocycles. The minimum absolute atomic E-state index is 0.117. The third-order valence-electron chi connectivity index (χ3n) is 3.95. The van der Waals surface area contributed by atoms with Crippen molar-refractivity contribution in [2.24, 2.45) is 0 Å². The van der Waals surface area contributed by atoms with E-state index in [4.69, 9.17) is 10.00 Å². The van der Waals surface area contributed by atoms with Crippen molar-refractivity contribution in [2.45, 2.75) is 6.42 Å². The molecule has 0 bridgehead atoms. The van der Waals surface area contributed by atoms with Crippen molar-refractivity contribution in [3.05, 3.63) is 64.3 Å². The second kappa shape index (κ2) is 7.16. The quantitative estimate of drug-likeness (QED) is 0.749. The lowest BCUT2D eigenvalue weighted by atomic mass is 9.94.